The minimum atomic E-state index is -0.753. The fourth-order valence-electron chi connectivity index (χ4n) is 3.29. The van der Waals surface area contributed by atoms with Crippen molar-refractivity contribution in [2.24, 2.45) is 11.7 Å². The minimum absolute atomic E-state index is 0.155. The van der Waals surface area contributed by atoms with Crippen molar-refractivity contribution >= 4 is 11.9 Å². The number of likely N-dealkylation sites (tertiary alicyclic amines) is 1. The Hall–Kier alpha value is -1.10. The van der Waals surface area contributed by atoms with Gasteiger partial charge in [0, 0.05) is 31.5 Å². The Balaban J connectivity index is 1.76. The van der Waals surface area contributed by atoms with Gasteiger partial charge in [-0.25, -0.2) is 0 Å². The van der Waals surface area contributed by atoms with Crippen molar-refractivity contribution in [3.05, 3.63) is 0 Å². The van der Waals surface area contributed by atoms with Crippen LogP contribution in [0, 0.1) is 5.92 Å². The number of carbonyl (C=O) groups is 2. The molecule has 1 atom stereocenters. The summed E-state index contributed by atoms with van der Waals surface area (Å²) in [7, 11) is 0. The highest BCUT2D eigenvalue weighted by Crippen LogP contribution is 2.31. The van der Waals surface area contributed by atoms with Gasteiger partial charge < -0.3 is 15.7 Å². The molecule has 19 heavy (non-hydrogen) atoms. The summed E-state index contributed by atoms with van der Waals surface area (Å²) < 4.78 is 0. The van der Waals surface area contributed by atoms with Crippen LogP contribution in [0.1, 0.15) is 51.4 Å². The lowest BCUT2D eigenvalue weighted by Crippen LogP contribution is -2.43. The molecule has 1 amide bonds. The van der Waals surface area contributed by atoms with Crippen LogP contribution in [0.4, 0.5) is 0 Å². The lowest BCUT2D eigenvalue weighted by molar-refractivity contribution is -0.137. The molecule has 2 rings (SSSR count). The van der Waals surface area contributed by atoms with Crippen molar-refractivity contribution < 1.29 is 14.7 Å². The van der Waals surface area contributed by atoms with Crippen LogP contribution in [-0.4, -0.2) is 40.5 Å². The summed E-state index contributed by atoms with van der Waals surface area (Å²) in [5.41, 5.74) is 5.95. The van der Waals surface area contributed by atoms with Crippen LogP contribution < -0.4 is 5.73 Å². The first kappa shape index (κ1) is 14.3. The molecule has 3 N–H and O–H groups in total. The molecule has 0 spiro atoms. The van der Waals surface area contributed by atoms with Crippen LogP contribution in [0.2, 0.25) is 0 Å². The molecule has 5 heteroatoms. The summed E-state index contributed by atoms with van der Waals surface area (Å²) >= 11 is 0. The number of nitrogens with two attached hydrogens (primary N) is 1. The quantitative estimate of drug-likeness (QED) is 0.788. The van der Waals surface area contributed by atoms with Crippen molar-refractivity contribution in [2.75, 3.05) is 13.1 Å². The first-order valence-corrected chi connectivity index (χ1v) is 7.27. The van der Waals surface area contributed by atoms with Crippen LogP contribution in [0.15, 0.2) is 0 Å². The summed E-state index contributed by atoms with van der Waals surface area (Å²) in [5, 5.41) is 8.68. The van der Waals surface area contributed by atoms with E-state index in [2.05, 4.69) is 0 Å². The van der Waals surface area contributed by atoms with E-state index >= 15 is 0 Å². The van der Waals surface area contributed by atoms with E-state index in [4.69, 9.17) is 10.8 Å². The third kappa shape index (κ3) is 3.93. The average molecular weight is 268 g/mol. The maximum Gasteiger partial charge on any atom is 0.303 e. The first-order chi connectivity index (χ1) is 8.98. The van der Waals surface area contributed by atoms with Crippen molar-refractivity contribution in [2.45, 2.75) is 56.9 Å². The van der Waals surface area contributed by atoms with E-state index in [0.717, 1.165) is 38.6 Å². The van der Waals surface area contributed by atoms with E-state index in [1.54, 1.807) is 0 Å². The number of carboxylic acids is 1. The zero-order valence-electron chi connectivity index (χ0n) is 11.4. The van der Waals surface area contributed by atoms with Gasteiger partial charge in [-0.3, -0.25) is 9.59 Å². The number of nitrogens with zero attached hydrogens (tertiary/aromatic N) is 1. The van der Waals surface area contributed by atoms with Crippen molar-refractivity contribution in [3.8, 4) is 0 Å². The van der Waals surface area contributed by atoms with Gasteiger partial charge >= 0.3 is 5.97 Å². The van der Waals surface area contributed by atoms with Crippen LogP contribution in [0.25, 0.3) is 0 Å². The number of carboxylic acid groups (broad SMARTS) is 1. The topological polar surface area (TPSA) is 83.6 Å². The molecule has 1 aliphatic heterocycles. The Morgan fingerprint density at radius 1 is 1.32 bits per heavy atom. The van der Waals surface area contributed by atoms with Gasteiger partial charge in [-0.1, -0.05) is 12.8 Å². The normalized spacial score (nSPS) is 25.7. The second-order valence-electron chi connectivity index (χ2n) is 6.17. The van der Waals surface area contributed by atoms with E-state index < -0.39 is 5.97 Å². The molecule has 0 aromatic rings. The van der Waals surface area contributed by atoms with Crippen molar-refractivity contribution in [1.29, 1.82) is 0 Å². The van der Waals surface area contributed by atoms with Gasteiger partial charge in [-0.2, -0.15) is 0 Å². The van der Waals surface area contributed by atoms with Crippen LogP contribution in [0.5, 0.6) is 0 Å². The number of hydrogen-bond donors (Lipinski definition) is 2. The molecule has 1 heterocycles. The Bertz CT molecular complexity index is 351. The predicted octanol–water partition coefficient (Wildman–Crippen LogP) is 1.36. The van der Waals surface area contributed by atoms with Gasteiger partial charge in [0.1, 0.15) is 0 Å². The van der Waals surface area contributed by atoms with Gasteiger partial charge in [0.15, 0.2) is 0 Å². The molecule has 0 radical (unpaired) electrons. The summed E-state index contributed by atoms with van der Waals surface area (Å²) in [5.74, 6) is -0.253. The Labute approximate surface area is 114 Å². The first-order valence-electron chi connectivity index (χ1n) is 7.27. The van der Waals surface area contributed by atoms with Gasteiger partial charge in [-0.15, -0.1) is 0 Å². The summed E-state index contributed by atoms with van der Waals surface area (Å²) in [6.45, 7) is 1.47. The standard InChI is InChI=1S/C14H24N2O3/c15-14(6-1-2-7-14)9-12(17)16-8-5-11(10-16)3-4-13(18)19/h11H,1-10,15H2,(H,18,19). The van der Waals surface area contributed by atoms with Gasteiger partial charge in [0.05, 0.1) is 0 Å². The highest BCUT2D eigenvalue weighted by Gasteiger charge is 2.35. The molecule has 0 aromatic heterocycles. The number of rotatable bonds is 5. The lowest BCUT2D eigenvalue weighted by atomic mass is 9.94. The third-order valence-electron chi connectivity index (χ3n) is 4.51. The Morgan fingerprint density at radius 2 is 2.00 bits per heavy atom. The summed E-state index contributed by atoms with van der Waals surface area (Å²) in [6, 6.07) is 0. The molecule has 1 saturated heterocycles. The molecule has 0 bridgehead atoms. The number of hydrogen-bond acceptors (Lipinski definition) is 3. The zero-order valence-corrected chi connectivity index (χ0v) is 11.4. The van der Waals surface area contributed by atoms with Crippen LogP contribution in [0.3, 0.4) is 0 Å². The fourth-order valence-corrected chi connectivity index (χ4v) is 3.29. The van der Waals surface area contributed by atoms with E-state index in [9.17, 15) is 9.59 Å². The second-order valence-corrected chi connectivity index (χ2v) is 6.17. The average Bonchev–Trinajstić information content (AvgIpc) is 2.95. The molecule has 1 aliphatic carbocycles. The molecule has 0 aromatic carbocycles. The smallest absolute Gasteiger partial charge is 0.303 e. The van der Waals surface area contributed by atoms with Crippen molar-refractivity contribution in [1.82, 2.24) is 4.90 Å². The van der Waals surface area contributed by atoms with Gasteiger partial charge in [-0.05, 0) is 31.6 Å². The monoisotopic (exact) mass is 268 g/mol. The van der Waals surface area contributed by atoms with E-state index in [0.29, 0.717) is 25.3 Å². The van der Waals surface area contributed by atoms with E-state index in [-0.39, 0.29) is 17.9 Å². The fraction of sp³-hybridized carbons (Fsp3) is 0.857. The maximum absolute atomic E-state index is 12.2. The van der Waals surface area contributed by atoms with Crippen molar-refractivity contribution in [3.63, 3.8) is 0 Å². The molecular weight excluding hydrogens is 244 g/mol. The Morgan fingerprint density at radius 3 is 2.63 bits per heavy atom. The summed E-state index contributed by atoms with van der Waals surface area (Å²) in [6.07, 6.45) is 6.43. The molecule has 1 saturated carbocycles. The highest BCUT2D eigenvalue weighted by molar-refractivity contribution is 5.77. The molecule has 5 nitrogen and oxygen atoms in total. The number of aliphatic carboxylic acids is 1. The molecule has 1 unspecified atom stereocenters. The van der Waals surface area contributed by atoms with Crippen LogP contribution in [-0.2, 0) is 9.59 Å². The summed E-state index contributed by atoms with van der Waals surface area (Å²) in [4.78, 5) is 24.6. The van der Waals surface area contributed by atoms with Gasteiger partial charge in [0.2, 0.25) is 5.91 Å². The molecule has 2 aliphatic rings. The molecule has 2 fully saturated rings. The predicted molar refractivity (Wildman–Crippen MR) is 71.6 cm³/mol. The SMILES string of the molecule is NC1(CC(=O)N2CCC(CCC(=O)O)C2)CCCC1. The Kier molecular flexibility index (Phi) is 4.45. The maximum atomic E-state index is 12.2. The van der Waals surface area contributed by atoms with E-state index in [1.165, 1.54) is 0 Å². The second kappa shape index (κ2) is 5.90. The molecular formula is C14H24N2O3. The highest BCUT2D eigenvalue weighted by atomic mass is 16.4. The largest absolute Gasteiger partial charge is 0.481 e. The number of amides is 1. The van der Waals surface area contributed by atoms with E-state index in [1.807, 2.05) is 4.90 Å². The number of carbonyl (C=O) groups excluding carboxylic acids is 1. The lowest BCUT2D eigenvalue weighted by Gasteiger charge is -2.26. The van der Waals surface area contributed by atoms with Crippen LogP contribution >= 0.6 is 0 Å². The van der Waals surface area contributed by atoms with Gasteiger partial charge in [0.25, 0.3) is 0 Å². The minimum Gasteiger partial charge on any atom is -0.481 e. The third-order valence-corrected chi connectivity index (χ3v) is 4.51. The zero-order chi connectivity index (χ0) is 13.9. The molecule has 108 valence electrons.